The van der Waals surface area contributed by atoms with Crippen LogP contribution in [0.25, 0.3) is 0 Å². The summed E-state index contributed by atoms with van der Waals surface area (Å²) in [4.78, 5) is 15.1. The van der Waals surface area contributed by atoms with Gasteiger partial charge in [-0.3, -0.25) is 4.79 Å². The summed E-state index contributed by atoms with van der Waals surface area (Å²) in [6.45, 7) is 8.16. The van der Waals surface area contributed by atoms with Crippen molar-refractivity contribution >= 4 is 21.8 Å². The van der Waals surface area contributed by atoms with E-state index in [2.05, 4.69) is 48.8 Å². The van der Waals surface area contributed by atoms with Gasteiger partial charge in [0.15, 0.2) is 0 Å². The van der Waals surface area contributed by atoms with Gasteiger partial charge in [0.05, 0.1) is 5.92 Å². The predicted molar refractivity (Wildman–Crippen MR) is 93.9 cm³/mol. The van der Waals surface area contributed by atoms with Crippen molar-refractivity contribution in [1.82, 2.24) is 4.90 Å². The van der Waals surface area contributed by atoms with E-state index in [1.165, 1.54) is 0 Å². The highest BCUT2D eigenvalue weighted by molar-refractivity contribution is 9.09. The van der Waals surface area contributed by atoms with Crippen LogP contribution in [0.2, 0.25) is 0 Å². The summed E-state index contributed by atoms with van der Waals surface area (Å²) >= 11 is 3.48. The maximum Gasteiger partial charge on any atom is 0.230 e. The molecule has 2 nitrogen and oxygen atoms in total. The van der Waals surface area contributed by atoms with Crippen molar-refractivity contribution in [2.75, 3.05) is 18.4 Å². The molecule has 1 amide bonds. The maximum absolute atomic E-state index is 13.0. The molecular weight excluding hydrogens is 326 g/mol. The van der Waals surface area contributed by atoms with Gasteiger partial charge in [-0.05, 0) is 17.9 Å². The molecule has 0 radical (unpaired) electrons. The van der Waals surface area contributed by atoms with Gasteiger partial charge in [-0.25, -0.2) is 0 Å². The third-order valence-electron chi connectivity index (χ3n) is 4.09. The van der Waals surface area contributed by atoms with Gasteiger partial charge in [-0.15, -0.1) is 0 Å². The Morgan fingerprint density at radius 3 is 2.38 bits per heavy atom. The van der Waals surface area contributed by atoms with Crippen molar-refractivity contribution < 1.29 is 4.79 Å². The fraction of sp³-hybridized carbons (Fsp3) is 0.611. The van der Waals surface area contributed by atoms with Gasteiger partial charge in [0.1, 0.15) is 0 Å². The van der Waals surface area contributed by atoms with Crippen LogP contribution in [-0.4, -0.2) is 29.2 Å². The summed E-state index contributed by atoms with van der Waals surface area (Å²) in [7, 11) is 0. The van der Waals surface area contributed by atoms with Crippen LogP contribution in [-0.2, 0) is 4.79 Å². The van der Waals surface area contributed by atoms with Crippen LogP contribution >= 0.6 is 15.9 Å². The lowest BCUT2D eigenvalue weighted by atomic mass is 9.84. The number of carbonyl (C=O) groups is 1. The first-order chi connectivity index (χ1) is 10.2. The zero-order valence-electron chi connectivity index (χ0n) is 13.5. The van der Waals surface area contributed by atoms with Gasteiger partial charge >= 0.3 is 0 Å². The highest BCUT2D eigenvalue weighted by Gasteiger charge is 2.29. The van der Waals surface area contributed by atoms with Crippen molar-refractivity contribution in [1.29, 1.82) is 0 Å². The van der Waals surface area contributed by atoms with Crippen LogP contribution in [0.1, 0.15) is 51.5 Å². The molecule has 118 valence electrons. The van der Waals surface area contributed by atoms with Crippen LogP contribution < -0.4 is 0 Å². The fourth-order valence-electron chi connectivity index (χ4n) is 2.59. The lowest BCUT2D eigenvalue weighted by Gasteiger charge is -2.30. The number of halogens is 1. The van der Waals surface area contributed by atoms with Crippen LogP contribution in [0.3, 0.4) is 0 Å². The second-order valence-electron chi connectivity index (χ2n) is 5.64. The molecule has 0 saturated heterocycles. The molecule has 2 unspecified atom stereocenters. The topological polar surface area (TPSA) is 20.3 Å². The Morgan fingerprint density at radius 1 is 1.19 bits per heavy atom. The van der Waals surface area contributed by atoms with Gasteiger partial charge in [0.2, 0.25) is 5.91 Å². The van der Waals surface area contributed by atoms with E-state index in [0.29, 0.717) is 5.92 Å². The predicted octanol–water partition coefficient (Wildman–Crippen LogP) is 4.84. The first kappa shape index (κ1) is 18.2. The number of hydrogen-bond donors (Lipinski definition) is 0. The van der Waals surface area contributed by atoms with Crippen LogP contribution in [0.4, 0.5) is 0 Å². The second kappa shape index (κ2) is 9.99. The summed E-state index contributed by atoms with van der Waals surface area (Å²) < 4.78 is 0. The summed E-state index contributed by atoms with van der Waals surface area (Å²) in [6, 6.07) is 10.2. The van der Waals surface area contributed by atoms with Gasteiger partial charge in [0.25, 0.3) is 0 Å². The average molecular weight is 354 g/mol. The molecule has 0 aromatic heterocycles. The summed E-state index contributed by atoms with van der Waals surface area (Å²) in [5, 5.41) is 0.838. The zero-order chi connectivity index (χ0) is 15.7. The van der Waals surface area contributed by atoms with E-state index in [9.17, 15) is 4.79 Å². The van der Waals surface area contributed by atoms with Crippen molar-refractivity contribution in [3.05, 3.63) is 35.9 Å². The zero-order valence-corrected chi connectivity index (χ0v) is 15.1. The van der Waals surface area contributed by atoms with Crippen LogP contribution in [0, 0.1) is 5.92 Å². The van der Waals surface area contributed by atoms with Crippen LogP contribution in [0.15, 0.2) is 30.3 Å². The van der Waals surface area contributed by atoms with E-state index in [1.807, 2.05) is 23.1 Å². The molecule has 0 saturated carbocycles. The molecule has 1 rings (SSSR count). The first-order valence-electron chi connectivity index (χ1n) is 8.05. The molecule has 21 heavy (non-hydrogen) atoms. The molecule has 2 atom stereocenters. The minimum absolute atomic E-state index is 0.0212. The minimum Gasteiger partial charge on any atom is -0.341 e. The molecule has 0 aliphatic heterocycles. The number of unbranched alkanes of at least 4 members (excludes halogenated alkanes) is 1. The third-order valence-corrected chi connectivity index (χ3v) is 4.44. The molecule has 0 spiro atoms. The van der Waals surface area contributed by atoms with E-state index in [-0.39, 0.29) is 11.8 Å². The molecule has 0 bridgehead atoms. The first-order valence-corrected chi connectivity index (χ1v) is 9.17. The SMILES string of the molecule is CCCCN(CCBr)C(=O)C(c1ccccc1)C(C)CC. The molecule has 0 heterocycles. The molecule has 0 N–H and O–H groups in total. The summed E-state index contributed by atoms with van der Waals surface area (Å²) in [6.07, 6.45) is 3.20. The van der Waals surface area contributed by atoms with E-state index < -0.39 is 0 Å². The molecular formula is C18H28BrNO. The Morgan fingerprint density at radius 2 is 1.86 bits per heavy atom. The Kier molecular flexibility index (Phi) is 8.67. The Bertz CT molecular complexity index is 407. The van der Waals surface area contributed by atoms with E-state index >= 15 is 0 Å². The van der Waals surface area contributed by atoms with Crippen molar-refractivity contribution in [2.24, 2.45) is 5.92 Å². The van der Waals surface area contributed by atoms with Crippen LogP contribution in [0.5, 0.6) is 0 Å². The van der Waals surface area contributed by atoms with E-state index in [0.717, 1.165) is 43.2 Å². The molecule has 0 aliphatic rings. The normalized spacial score (nSPS) is 13.7. The smallest absolute Gasteiger partial charge is 0.230 e. The van der Waals surface area contributed by atoms with Crippen molar-refractivity contribution in [3.8, 4) is 0 Å². The largest absolute Gasteiger partial charge is 0.341 e. The van der Waals surface area contributed by atoms with Gasteiger partial charge < -0.3 is 4.90 Å². The summed E-state index contributed by atoms with van der Waals surface area (Å²) in [5.41, 5.74) is 1.15. The number of carbonyl (C=O) groups excluding carboxylic acids is 1. The molecule has 3 heteroatoms. The monoisotopic (exact) mass is 353 g/mol. The lowest BCUT2D eigenvalue weighted by molar-refractivity contribution is -0.133. The number of alkyl halides is 1. The average Bonchev–Trinajstić information content (AvgIpc) is 2.52. The number of nitrogens with zero attached hydrogens (tertiary/aromatic N) is 1. The fourth-order valence-corrected chi connectivity index (χ4v) is 3.02. The maximum atomic E-state index is 13.0. The van der Waals surface area contributed by atoms with Crippen molar-refractivity contribution in [2.45, 2.75) is 46.0 Å². The minimum atomic E-state index is -0.0212. The Hall–Kier alpha value is -0.830. The van der Waals surface area contributed by atoms with E-state index in [4.69, 9.17) is 0 Å². The molecule has 0 aliphatic carbocycles. The molecule has 0 fully saturated rings. The third kappa shape index (κ3) is 5.46. The Balaban J connectivity index is 2.97. The van der Waals surface area contributed by atoms with Crippen molar-refractivity contribution in [3.63, 3.8) is 0 Å². The highest BCUT2D eigenvalue weighted by Crippen LogP contribution is 2.29. The van der Waals surface area contributed by atoms with Gasteiger partial charge in [-0.2, -0.15) is 0 Å². The lowest BCUT2D eigenvalue weighted by Crippen LogP contribution is -2.39. The quantitative estimate of drug-likeness (QED) is 0.581. The summed E-state index contributed by atoms with van der Waals surface area (Å²) in [5.74, 6) is 0.620. The standard InChI is InChI=1S/C18H28BrNO/c1-4-6-13-20(14-12-19)18(21)17(15(3)5-2)16-10-8-7-9-11-16/h7-11,15,17H,4-6,12-14H2,1-3H3. The molecule has 1 aromatic carbocycles. The molecule has 1 aromatic rings. The highest BCUT2D eigenvalue weighted by atomic mass is 79.9. The number of amides is 1. The number of hydrogen-bond acceptors (Lipinski definition) is 1. The Labute approximate surface area is 138 Å². The number of benzene rings is 1. The van der Waals surface area contributed by atoms with Gasteiger partial charge in [-0.1, -0.05) is 79.9 Å². The van der Waals surface area contributed by atoms with Gasteiger partial charge in [0, 0.05) is 18.4 Å². The second-order valence-corrected chi connectivity index (χ2v) is 6.43. The van der Waals surface area contributed by atoms with E-state index in [1.54, 1.807) is 0 Å². The number of rotatable bonds is 9.